The highest BCUT2D eigenvalue weighted by Crippen LogP contribution is 2.19. The van der Waals surface area contributed by atoms with Crippen LogP contribution in [0.5, 0.6) is 0 Å². The molecule has 0 spiro atoms. The molecule has 2 aromatic rings. The van der Waals surface area contributed by atoms with Gasteiger partial charge in [0.05, 0.1) is 0 Å². The molecule has 0 radical (unpaired) electrons. The van der Waals surface area contributed by atoms with Gasteiger partial charge in [-0.1, -0.05) is 37.1 Å². The second-order valence-electron chi connectivity index (χ2n) is 7.62. The number of benzene rings is 2. The minimum Gasteiger partial charge on any atom is -0.0558 e. The zero-order valence-electron chi connectivity index (χ0n) is 16.6. The summed E-state index contributed by atoms with van der Waals surface area (Å²) >= 11 is 0. The van der Waals surface area contributed by atoms with Gasteiger partial charge < -0.3 is 0 Å². The smallest absolute Gasteiger partial charge is 0.0279 e. The first-order chi connectivity index (χ1) is 11.4. The van der Waals surface area contributed by atoms with Crippen LogP contribution < -0.4 is 0 Å². The standard InChI is InChI=1S/C24H34/c1-17-13-23(14-18(2)21(17)5)11-9-7-8-10-12-24-15-19(3)22(6)20(4)16-24/h13-16H,7-12H2,1-6H3. The monoisotopic (exact) mass is 322 g/mol. The SMILES string of the molecule is Cc1cc(CCCCCCc2cc(C)c(C)c(C)c2)cc(C)c1C. The quantitative estimate of drug-likeness (QED) is 0.487. The van der Waals surface area contributed by atoms with Crippen molar-refractivity contribution in [1.82, 2.24) is 0 Å². The summed E-state index contributed by atoms with van der Waals surface area (Å²) < 4.78 is 0. The van der Waals surface area contributed by atoms with Crippen molar-refractivity contribution in [1.29, 1.82) is 0 Å². The van der Waals surface area contributed by atoms with E-state index in [-0.39, 0.29) is 0 Å². The minimum atomic E-state index is 1.23. The number of unbranched alkanes of at least 4 members (excludes halogenated alkanes) is 3. The van der Waals surface area contributed by atoms with Crippen LogP contribution >= 0.6 is 0 Å². The summed E-state index contributed by atoms with van der Waals surface area (Å²) in [5.74, 6) is 0. The Labute approximate surface area is 149 Å². The van der Waals surface area contributed by atoms with Crippen LogP contribution in [-0.2, 0) is 12.8 Å². The van der Waals surface area contributed by atoms with E-state index in [1.165, 1.54) is 83.0 Å². The van der Waals surface area contributed by atoms with Crippen molar-refractivity contribution in [3.8, 4) is 0 Å². The Bertz CT molecular complexity index is 584. The summed E-state index contributed by atoms with van der Waals surface area (Å²) in [5, 5.41) is 0. The van der Waals surface area contributed by atoms with Gasteiger partial charge in [-0.05, 0) is 112 Å². The lowest BCUT2D eigenvalue weighted by Crippen LogP contribution is -1.94. The molecule has 0 nitrogen and oxygen atoms in total. The van der Waals surface area contributed by atoms with Crippen LogP contribution in [0.15, 0.2) is 24.3 Å². The molecule has 0 saturated heterocycles. The van der Waals surface area contributed by atoms with Crippen molar-refractivity contribution in [3.05, 3.63) is 68.8 Å². The number of hydrogen-bond acceptors (Lipinski definition) is 0. The van der Waals surface area contributed by atoms with Gasteiger partial charge >= 0.3 is 0 Å². The van der Waals surface area contributed by atoms with Crippen LogP contribution in [0.4, 0.5) is 0 Å². The summed E-state index contributed by atoms with van der Waals surface area (Å²) in [6, 6.07) is 9.50. The molecule has 24 heavy (non-hydrogen) atoms. The molecule has 0 heterocycles. The third-order valence-electron chi connectivity index (χ3n) is 5.65. The van der Waals surface area contributed by atoms with E-state index in [1.807, 2.05) is 0 Å². The highest BCUT2D eigenvalue weighted by atomic mass is 14.1. The van der Waals surface area contributed by atoms with Gasteiger partial charge in [0.1, 0.15) is 0 Å². The van der Waals surface area contributed by atoms with Gasteiger partial charge in [0.15, 0.2) is 0 Å². The normalized spacial score (nSPS) is 11.1. The molecule has 0 aliphatic carbocycles. The van der Waals surface area contributed by atoms with Crippen LogP contribution in [0.3, 0.4) is 0 Å². The predicted molar refractivity (Wildman–Crippen MR) is 107 cm³/mol. The summed E-state index contributed by atoms with van der Waals surface area (Å²) in [4.78, 5) is 0. The summed E-state index contributed by atoms with van der Waals surface area (Å²) in [5.41, 5.74) is 11.7. The lowest BCUT2D eigenvalue weighted by molar-refractivity contribution is 0.640. The fraction of sp³-hybridized carbons (Fsp3) is 0.500. The molecular weight excluding hydrogens is 288 g/mol. The third-order valence-corrected chi connectivity index (χ3v) is 5.65. The summed E-state index contributed by atoms with van der Waals surface area (Å²) in [6.45, 7) is 13.4. The van der Waals surface area contributed by atoms with E-state index in [0.717, 1.165) is 0 Å². The molecule has 2 rings (SSSR count). The minimum absolute atomic E-state index is 1.23. The fourth-order valence-electron chi connectivity index (χ4n) is 3.55. The largest absolute Gasteiger partial charge is 0.0558 e. The first-order valence-electron chi connectivity index (χ1n) is 9.52. The molecule has 2 aromatic carbocycles. The van der Waals surface area contributed by atoms with E-state index in [0.29, 0.717) is 0 Å². The van der Waals surface area contributed by atoms with Crippen molar-refractivity contribution < 1.29 is 0 Å². The van der Waals surface area contributed by atoms with E-state index in [4.69, 9.17) is 0 Å². The van der Waals surface area contributed by atoms with Crippen molar-refractivity contribution >= 4 is 0 Å². The maximum atomic E-state index is 2.38. The van der Waals surface area contributed by atoms with Crippen LogP contribution in [-0.4, -0.2) is 0 Å². The Balaban J connectivity index is 1.72. The average Bonchev–Trinajstić information content (AvgIpc) is 2.53. The first kappa shape index (κ1) is 18.8. The van der Waals surface area contributed by atoms with E-state index in [1.54, 1.807) is 0 Å². The van der Waals surface area contributed by atoms with E-state index in [2.05, 4.69) is 65.8 Å². The Morgan fingerprint density at radius 2 is 0.750 bits per heavy atom. The molecular formula is C24H34. The van der Waals surface area contributed by atoms with Crippen LogP contribution in [0.25, 0.3) is 0 Å². The lowest BCUT2D eigenvalue weighted by Gasteiger charge is -2.10. The summed E-state index contributed by atoms with van der Waals surface area (Å²) in [6.07, 6.45) is 7.77. The van der Waals surface area contributed by atoms with Gasteiger partial charge in [0.25, 0.3) is 0 Å². The molecule has 130 valence electrons. The molecule has 0 aliphatic heterocycles. The lowest BCUT2D eigenvalue weighted by atomic mass is 9.96. The topological polar surface area (TPSA) is 0 Å². The van der Waals surface area contributed by atoms with Crippen molar-refractivity contribution in [2.75, 3.05) is 0 Å². The summed E-state index contributed by atoms with van der Waals surface area (Å²) in [7, 11) is 0. The second-order valence-corrected chi connectivity index (χ2v) is 7.62. The van der Waals surface area contributed by atoms with Crippen LogP contribution in [0.2, 0.25) is 0 Å². The molecule has 0 heteroatoms. The molecule has 0 unspecified atom stereocenters. The average molecular weight is 323 g/mol. The number of rotatable bonds is 7. The van der Waals surface area contributed by atoms with E-state index in [9.17, 15) is 0 Å². The van der Waals surface area contributed by atoms with Gasteiger partial charge in [-0.15, -0.1) is 0 Å². The highest BCUT2D eigenvalue weighted by molar-refractivity contribution is 5.37. The van der Waals surface area contributed by atoms with Crippen molar-refractivity contribution in [2.24, 2.45) is 0 Å². The van der Waals surface area contributed by atoms with E-state index < -0.39 is 0 Å². The van der Waals surface area contributed by atoms with Crippen molar-refractivity contribution in [2.45, 2.75) is 80.1 Å². The van der Waals surface area contributed by atoms with Gasteiger partial charge in [-0.25, -0.2) is 0 Å². The maximum absolute atomic E-state index is 2.38. The number of hydrogen-bond donors (Lipinski definition) is 0. The molecule has 0 fully saturated rings. The third kappa shape index (κ3) is 4.97. The van der Waals surface area contributed by atoms with Gasteiger partial charge in [0.2, 0.25) is 0 Å². The second kappa shape index (κ2) is 8.51. The molecule has 0 atom stereocenters. The van der Waals surface area contributed by atoms with Gasteiger partial charge in [-0.3, -0.25) is 0 Å². The maximum Gasteiger partial charge on any atom is -0.0279 e. The van der Waals surface area contributed by atoms with E-state index >= 15 is 0 Å². The Hall–Kier alpha value is -1.56. The highest BCUT2D eigenvalue weighted by Gasteiger charge is 2.03. The van der Waals surface area contributed by atoms with Gasteiger partial charge in [-0.2, -0.15) is 0 Å². The predicted octanol–water partition coefficient (Wildman–Crippen LogP) is 6.88. The molecule has 0 bridgehead atoms. The molecule has 0 saturated carbocycles. The van der Waals surface area contributed by atoms with Gasteiger partial charge in [0, 0.05) is 0 Å². The molecule has 0 aliphatic rings. The van der Waals surface area contributed by atoms with Crippen LogP contribution in [0.1, 0.15) is 70.2 Å². The zero-order chi connectivity index (χ0) is 17.7. The first-order valence-corrected chi connectivity index (χ1v) is 9.52. The zero-order valence-corrected chi connectivity index (χ0v) is 16.6. The molecule has 0 N–H and O–H groups in total. The van der Waals surface area contributed by atoms with Crippen molar-refractivity contribution in [3.63, 3.8) is 0 Å². The molecule has 0 aromatic heterocycles. The van der Waals surface area contributed by atoms with Crippen LogP contribution in [0, 0.1) is 41.5 Å². The molecule has 0 amide bonds. The Morgan fingerprint density at radius 1 is 0.458 bits per heavy atom. The number of aryl methyl sites for hydroxylation is 6. The Kier molecular flexibility index (Phi) is 6.66. The Morgan fingerprint density at radius 3 is 1.04 bits per heavy atom. The fourth-order valence-corrected chi connectivity index (χ4v) is 3.55.